The van der Waals surface area contributed by atoms with Crippen molar-refractivity contribution in [3.63, 3.8) is 0 Å². The van der Waals surface area contributed by atoms with Gasteiger partial charge in [0.1, 0.15) is 0 Å². The van der Waals surface area contributed by atoms with E-state index < -0.39 is 0 Å². The third-order valence-electron chi connectivity index (χ3n) is 2.63. The van der Waals surface area contributed by atoms with Gasteiger partial charge in [0.2, 0.25) is 0 Å². The molecule has 1 atom stereocenters. The monoisotopic (exact) mass is 246 g/mol. The number of nitrogens with one attached hydrogen (secondary N) is 2. The van der Waals surface area contributed by atoms with E-state index in [2.05, 4.69) is 31.3 Å². The highest BCUT2D eigenvalue weighted by molar-refractivity contribution is 5.93. The molecular weight excluding hydrogens is 224 g/mol. The van der Waals surface area contributed by atoms with E-state index in [9.17, 15) is 4.79 Å². The molecule has 0 fully saturated rings. The molecule has 1 aromatic rings. The van der Waals surface area contributed by atoms with Crippen LogP contribution in [0.5, 0.6) is 0 Å². The second kappa shape index (κ2) is 7.67. The zero-order chi connectivity index (χ0) is 13.4. The van der Waals surface area contributed by atoms with Crippen molar-refractivity contribution >= 4 is 5.91 Å². The van der Waals surface area contributed by atoms with Crippen molar-refractivity contribution in [2.75, 3.05) is 0 Å². The van der Waals surface area contributed by atoms with Crippen LogP contribution in [0.3, 0.4) is 0 Å². The van der Waals surface area contributed by atoms with Crippen molar-refractivity contribution in [1.29, 1.82) is 0 Å². The smallest absolute Gasteiger partial charge is 0.265 e. The number of carbonyl (C=O) groups excluding carboxylic acids is 1. The predicted octanol–water partition coefficient (Wildman–Crippen LogP) is 2.91. The minimum atomic E-state index is -0.103. The molecule has 3 heteroatoms. The molecule has 18 heavy (non-hydrogen) atoms. The lowest BCUT2D eigenvalue weighted by Crippen LogP contribution is -2.44. The van der Waals surface area contributed by atoms with Crippen LogP contribution in [0.2, 0.25) is 0 Å². The van der Waals surface area contributed by atoms with E-state index in [1.54, 1.807) is 12.1 Å². The fourth-order valence-electron chi connectivity index (χ4n) is 1.81. The fraction of sp³-hybridized carbons (Fsp3) is 0.400. The second-order valence-corrected chi connectivity index (χ2v) is 4.82. The summed E-state index contributed by atoms with van der Waals surface area (Å²) < 4.78 is 0. The molecule has 0 bridgehead atoms. The first kappa shape index (κ1) is 14.5. The molecule has 98 valence electrons. The molecule has 2 N–H and O–H groups in total. The summed E-state index contributed by atoms with van der Waals surface area (Å²) in [5.41, 5.74) is 6.49. The molecule has 0 unspecified atom stereocenters. The van der Waals surface area contributed by atoms with Crippen LogP contribution in [0.1, 0.15) is 37.0 Å². The average Bonchev–Trinajstić information content (AvgIpc) is 2.36. The topological polar surface area (TPSA) is 41.1 Å². The van der Waals surface area contributed by atoms with E-state index in [1.165, 1.54) is 0 Å². The number of benzene rings is 1. The Morgan fingerprint density at radius 3 is 2.56 bits per heavy atom. The molecule has 0 heterocycles. The molecule has 0 saturated heterocycles. The number of hydrazine groups is 1. The van der Waals surface area contributed by atoms with Crippen LogP contribution in [0.25, 0.3) is 0 Å². The summed E-state index contributed by atoms with van der Waals surface area (Å²) in [6.07, 6.45) is 3.71. The Kier molecular flexibility index (Phi) is 6.15. The molecule has 0 aliphatic heterocycles. The van der Waals surface area contributed by atoms with E-state index in [1.807, 2.05) is 24.3 Å². The Morgan fingerprint density at radius 1 is 1.33 bits per heavy atom. The highest BCUT2D eigenvalue weighted by Gasteiger charge is 2.11. The van der Waals surface area contributed by atoms with Crippen molar-refractivity contribution in [1.82, 2.24) is 10.9 Å². The summed E-state index contributed by atoms with van der Waals surface area (Å²) in [6.45, 7) is 8.07. The van der Waals surface area contributed by atoms with Gasteiger partial charge in [-0.3, -0.25) is 10.2 Å². The molecule has 0 radical (unpaired) electrons. The van der Waals surface area contributed by atoms with Crippen LogP contribution in [0.4, 0.5) is 0 Å². The normalized spacial score (nSPS) is 12.2. The van der Waals surface area contributed by atoms with Crippen LogP contribution in [-0.2, 0) is 0 Å². The van der Waals surface area contributed by atoms with Gasteiger partial charge in [0, 0.05) is 11.6 Å². The first-order valence-electron chi connectivity index (χ1n) is 6.35. The summed E-state index contributed by atoms with van der Waals surface area (Å²) >= 11 is 0. The van der Waals surface area contributed by atoms with Gasteiger partial charge in [-0.25, -0.2) is 5.43 Å². The van der Waals surface area contributed by atoms with Crippen LogP contribution in [0.15, 0.2) is 43.0 Å². The number of hydrogen-bond donors (Lipinski definition) is 2. The SMILES string of the molecule is C=CC[C@@H](CC(C)C)NNC(=O)c1ccccc1. The zero-order valence-electron chi connectivity index (χ0n) is 11.1. The van der Waals surface area contributed by atoms with E-state index in [0.29, 0.717) is 11.5 Å². The van der Waals surface area contributed by atoms with Gasteiger partial charge in [0.15, 0.2) is 0 Å². The molecular formula is C15H22N2O. The molecule has 1 aromatic carbocycles. The van der Waals surface area contributed by atoms with Crippen LogP contribution >= 0.6 is 0 Å². The molecule has 1 amide bonds. The second-order valence-electron chi connectivity index (χ2n) is 4.82. The van der Waals surface area contributed by atoms with Gasteiger partial charge in [-0.2, -0.15) is 0 Å². The molecule has 0 saturated carbocycles. The lowest BCUT2D eigenvalue weighted by molar-refractivity contribution is 0.0922. The first-order valence-corrected chi connectivity index (χ1v) is 6.35. The van der Waals surface area contributed by atoms with Crippen LogP contribution < -0.4 is 10.9 Å². The molecule has 0 spiro atoms. The van der Waals surface area contributed by atoms with Gasteiger partial charge in [0.25, 0.3) is 5.91 Å². The van der Waals surface area contributed by atoms with E-state index in [-0.39, 0.29) is 11.9 Å². The average molecular weight is 246 g/mol. The van der Waals surface area contributed by atoms with Gasteiger partial charge < -0.3 is 0 Å². The Morgan fingerprint density at radius 2 is 2.00 bits per heavy atom. The maximum atomic E-state index is 11.8. The summed E-state index contributed by atoms with van der Waals surface area (Å²) in [6, 6.07) is 9.41. The van der Waals surface area contributed by atoms with Crippen LogP contribution in [0, 0.1) is 5.92 Å². The van der Waals surface area contributed by atoms with E-state index in [0.717, 1.165) is 12.8 Å². The summed E-state index contributed by atoms with van der Waals surface area (Å²) in [5.74, 6) is 0.476. The molecule has 1 rings (SSSR count). The number of carbonyl (C=O) groups is 1. The summed E-state index contributed by atoms with van der Waals surface area (Å²) in [7, 11) is 0. The minimum absolute atomic E-state index is 0.103. The Bertz CT molecular complexity index is 373. The third kappa shape index (κ3) is 5.15. The zero-order valence-corrected chi connectivity index (χ0v) is 11.1. The van der Waals surface area contributed by atoms with Gasteiger partial charge in [0.05, 0.1) is 0 Å². The van der Waals surface area contributed by atoms with Crippen LogP contribution in [-0.4, -0.2) is 11.9 Å². The van der Waals surface area contributed by atoms with Gasteiger partial charge >= 0.3 is 0 Å². The standard InChI is InChI=1S/C15H22N2O/c1-4-8-14(11-12(2)3)16-17-15(18)13-9-6-5-7-10-13/h4-7,9-10,12,14,16H,1,8,11H2,2-3H3,(H,17,18)/t14-/m0/s1. The molecule has 0 aliphatic carbocycles. The van der Waals surface area contributed by atoms with Crippen molar-refractivity contribution in [3.8, 4) is 0 Å². The van der Waals surface area contributed by atoms with Gasteiger partial charge in [-0.1, -0.05) is 38.1 Å². The van der Waals surface area contributed by atoms with E-state index >= 15 is 0 Å². The maximum absolute atomic E-state index is 11.8. The molecule has 0 aliphatic rings. The largest absolute Gasteiger partial charge is 0.287 e. The number of rotatable bonds is 7. The van der Waals surface area contributed by atoms with Crippen molar-refractivity contribution in [2.45, 2.75) is 32.7 Å². The maximum Gasteiger partial charge on any atom is 0.265 e. The van der Waals surface area contributed by atoms with E-state index in [4.69, 9.17) is 0 Å². The Balaban J connectivity index is 2.46. The van der Waals surface area contributed by atoms with Gasteiger partial charge in [-0.05, 0) is 30.9 Å². The highest BCUT2D eigenvalue weighted by atomic mass is 16.2. The first-order chi connectivity index (χ1) is 8.63. The molecule has 0 aromatic heterocycles. The summed E-state index contributed by atoms with van der Waals surface area (Å²) in [4.78, 5) is 11.8. The molecule has 3 nitrogen and oxygen atoms in total. The highest BCUT2D eigenvalue weighted by Crippen LogP contribution is 2.07. The predicted molar refractivity (Wildman–Crippen MR) is 75.1 cm³/mol. The number of amides is 1. The van der Waals surface area contributed by atoms with Crippen molar-refractivity contribution in [2.24, 2.45) is 5.92 Å². The summed E-state index contributed by atoms with van der Waals surface area (Å²) in [5, 5.41) is 0. The van der Waals surface area contributed by atoms with Gasteiger partial charge in [-0.15, -0.1) is 6.58 Å². The third-order valence-corrected chi connectivity index (χ3v) is 2.63. The van der Waals surface area contributed by atoms with Crippen molar-refractivity contribution < 1.29 is 4.79 Å². The Labute approximate surface area is 109 Å². The lowest BCUT2D eigenvalue weighted by atomic mass is 10.0. The lowest BCUT2D eigenvalue weighted by Gasteiger charge is -2.19. The van der Waals surface area contributed by atoms with Crippen molar-refractivity contribution in [3.05, 3.63) is 48.6 Å². The minimum Gasteiger partial charge on any atom is -0.287 e. The number of hydrogen-bond acceptors (Lipinski definition) is 2. The Hall–Kier alpha value is -1.61. The quantitative estimate of drug-likeness (QED) is 0.573. The fourth-order valence-corrected chi connectivity index (χ4v) is 1.81.